The number of hydrogen-bond donors (Lipinski definition) is 1. The normalized spacial score (nSPS) is 17.4. The zero-order valence-electron chi connectivity index (χ0n) is 14.4. The van der Waals surface area contributed by atoms with Crippen molar-refractivity contribution in [3.8, 4) is 5.75 Å². The van der Waals surface area contributed by atoms with E-state index < -0.39 is 6.36 Å². The first kappa shape index (κ1) is 19.0. The lowest BCUT2D eigenvalue weighted by Gasteiger charge is -2.33. The van der Waals surface area contributed by atoms with Crippen LogP contribution in [0.3, 0.4) is 0 Å². The lowest BCUT2D eigenvalue weighted by Crippen LogP contribution is -2.47. The number of para-hydroxylation sites is 1. The van der Waals surface area contributed by atoms with Crippen molar-refractivity contribution in [2.24, 2.45) is 0 Å². The SMILES string of the molecule is O=C(NCc1ccccc1OC(F)(F)F)N1CCOC(c2ccccc2)C1. The summed E-state index contributed by atoms with van der Waals surface area (Å²) >= 11 is 0. The molecule has 1 fully saturated rings. The molecular weight excluding hydrogens is 361 g/mol. The molecule has 0 saturated carbocycles. The highest BCUT2D eigenvalue weighted by molar-refractivity contribution is 5.74. The van der Waals surface area contributed by atoms with Gasteiger partial charge in [0.05, 0.1) is 13.2 Å². The fraction of sp³-hybridized carbons (Fsp3) is 0.316. The summed E-state index contributed by atoms with van der Waals surface area (Å²) in [6.45, 7) is 1.10. The molecule has 5 nitrogen and oxygen atoms in total. The van der Waals surface area contributed by atoms with Crippen LogP contribution in [0.25, 0.3) is 0 Å². The van der Waals surface area contributed by atoms with Crippen molar-refractivity contribution in [2.75, 3.05) is 19.7 Å². The fourth-order valence-corrected chi connectivity index (χ4v) is 2.86. The summed E-state index contributed by atoms with van der Waals surface area (Å²) in [5.41, 5.74) is 1.22. The van der Waals surface area contributed by atoms with E-state index in [1.807, 2.05) is 30.3 Å². The van der Waals surface area contributed by atoms with E-state index in [4.69, 9.17) is 4.74 Å². The number of nitrogens with one attached hydrogen (secondary N) is 1. The first-order valence-electron chi connectivity index (χ1n) is 8.45. The van der Waals surface area contributed by atoms with Crippen LogP contribution >= 0.6 is 0 Å². The molecule has 2 amide bonds. The van der Waals surface area contributed by atoms with Gasteiger partial charge in [-0.25, -0.2) is 4.79 Å². The second-order valence-corrected chi connectivity index (χ2v) is 6.03. The Morgan fingerprint density at radius 1 is 1.15 bits per heavy atom. The lowest BCUT2D eigenvalue weighted by atomic mass is 10.1. The number of halogens is 3. The molecule has 1 saturated heterocycles. The second-order valence-electron chi connectivity index (χ2n) is 6.03. The molecule has 1 aliphatic heterocycles. The van der Waals surface area contributed by atoms with E-state index in [0.29, 0.717) is 19.7 Å². The summed E-state index contributed by atoms with van der Waals surface area (Å²) in [5, 5.41) is 2.65. The summed E-state index contributed by atoms with van der Waals surface area (Å²) in [6, 6.07) is 14.9. The monoisotopic (exact) mass is 380 g/mol. The predicted octanol–water partition coefficient (Wildman–Crippen LogP) is 3.87. The van der Waals surface area contributed by atoms with Crippen molar-refractivity contribution >= 4 is 6.03 Å². The number of amides is 2. The van der Waals surface area contributed by atoms with Crippen molar-refractivity contribution in [3.63, 3.8) is 0 Å². The van der Waals surface area contributed by atoms with Gasteiger partial charge < -0.3 is 19.7 Å². The molecule has 144 valence electrons. The van der Waals surface area contributed by atoms with Gasteiger partial charge in [0.1, 0.15) is 11.9 Å². The van der Waals surface area contributed by atoms with E-state index in [9.17, 15) is 18.0 Å². The van der Waals surface area contributed by atoms with E-state index in [0.717, 1.165) is 5.56 Å². The summed E-state index contributed by atoms with van der Waals surface area (Å²) in [5.74, 6) is -0.325. The molecule has 0 spiro atoms. The van der Waals surface area contributed by atoms with Crippen LogP contribution in [0.5, 0.6) is 5.75 Å². The van der Waals surface area contributed by atoms with E-state index in [-0.39, 0.29) is 30.0 Å². The third-order valence-corrected chi connectivity index (χ3v) is 4.15. The second kappa shape index (κ2) is 8.30. The highest BCUT2D eigenvalue weighted by atomic mass is 19.4. The maximum atomic E-state index is 12.5. The predicted molar refractivity (Wildman–Crippen MR) is 92.1 cm³/mol. The number of nitrogens with zero attached hydrogens (tertiary/aromatic N) is 1. The molecule has 1 unspecified atom stereocenters. The first-order valence-corrected chi connectivity index (χ1v) is 8.45. The minimum absolute atomic E-state index is 0.0710. The van der Waals surface area contributed by atoms with E-state index in [1.54, 1.807) is 11.0 Å². The number of carbonyl (C=O) groups is 1. The van der Waals surface area contributed by atoms with Crippen LogP contribution in [-0.4, -0.2) is 37.0 Å². The Hall–Kier alpha value is -2.74. The number of morpholine rings is 1. The third-order valence-electron chi connectivity index (χ3n) is 4.15. The number of rotatable bonds is 4. The van der Waals surface area contributed by atoms with Crippen LogP contribution in [0.4, 0.5) is 18.0 Å². The van der Waals surface area contributed by atoms with Gasteiger partial charge in [0.25, 0.3) is 0 Å². The van der Waals surface area contributed by atoms with Crippen LogP contribution in [-0.2, 0) is 11.3 Å². The molecule has 2 aromatic carbocycles. The minimum Gasteiger partial charge on any atom is -0.405 e. The van der Waals surface area contributed by atoms with E-state index in [1.165, 1.54) is 18.2 Å². The largest absolute Gasteiger partial charge is 0.573 e. The number of hydrogen-bond acceptors (Lipinski definition) is 3. The number of alkyl halides is 3. The molecule has 0 aromatic heterocycles. The quantitative estimate of drug-likeness (QED) is 0.876. The Labute approximate surface area is 154 Å². The van der Waals surface area contributed by atoms with Crippen LogP contribution in [0.1, 0.15) is 17.2 Å². The Bertz CT molecular complexity index is 768. The Kier molecular flexibility index (Phi) is 5.85. The molecular formula is C19H19F3N2O3. The standard InChI is InChI=1S/C19H19F3N2O3/c20-19(21,22)27-16-9-5-4-8-15(16)12-23-18(25)24-10-11-26-17(13-24)14-6-2-1-3-7-14/h1-9,17H,10-13H2,(H,23,25). The Morgan fingerprint density at radius 3 is 2.59 bits per heavy atom. The van der Waals surface area contributed by atoms with E-state index >= 15 is 0 Å². The molecule has 2 aromatic rings. The van der Waals surface area contributed by atoms with Crippen LogP contribution in [0.15, 0.2) is 54.6 Å². The number of benzene rings is 2. The molecule has 0 radical (unpaired) electrons. The van der Waals surface area contributed by atoms with Crippen molar-refractivity contribution in [2.45, 2.75) is 19.0 Å². The van der Waals surface area contributed by atoms with Crippen molar-refractivity contribution < 1.29 is 27.4 Å². The minimum atomic E-state index is -4.78. The summed E-state index contributed by atoms with van der Waals surface area (Å²) in [4.78, 5) is 14.0. The highest BCUT2D eigenvalue weighted by Crippen LogP contribution is 2.26. The molecule has 1 N–H and O–H groups in total. The van der Waals surface area contributed by atoms with Crippen LogP contribution in [0, 0.1) is 0 Å². The molecule has 3 rings (SSSR count). The molecule has 1 aliphatic rings. The van der Waals surface area contributed by atoms with Crippen molar-refractivity contribution in [1.82, 2.24) is 10.2 Å². The molecule has 0 bridgehead atoms. The Morgan fingerprint density at radius 2 is 1.85 bits per heavy atom. The van der Waals surface area contributed by atoms with Crippen LogP contribution in [0.2, 0.25) is 0 Å². The van der Waals surface area contributed by atoms with Gasteiger partial charge in [0.15, 0.2) is 0 Å². The lowest BCUT2D eigenvalue weighted by molar-refractivity contribution is -0.274. The number of ether oxygens (including phenoxy) is 2. The van der Waals surface area contributed by atoms with Gasteiger partial charge in [-0.1, -0.05) is 48.5 Å². The molecule has 27 heavy (non-hydrogen) atoms. The summed E-state index contributed by atoms with van der Waals surface area (Å²) in [7, 11) is 0. The highest BCUT2D eigenvalue weighted by Gasteiger charge is 2.32. The number of urea groups is 1. The average molecular weight is 380 g/mol. The van der Waals surface area contributed by atoms with Gasteiger partial charge in [-0.15, -0.1) is 13.2 Å². The smallest absolute Gasteiger partial charge is 0.405 e. The van der Waals surface area contributed by atoms with Crippen molar-refractivity contribution in [1.29, 1.82) is 0 Å². The van der Waals surface area contributed by atoms with Gasteiger partial charge in [-0.05, 0) is 11.6 Å². The molecule has 8 heteroatoms. The van der Waals surface area contributed by atoms with Gasteiger partial charge in [-0.2, -0.15) is 0 Å². The molecule has 1 heterocycles. The first-order chi connectivity index (χ1) is 12.9. The van der Waals surface area contributed by atoms with Crippen molar-refractivity contribution in [3.05, 3.63) is 65.7 Å². The van der Waals surface area contributed by atoms with E-state index in [2.05, 4.69) is 10.1 Å². The summed E-state index contributed by atoms with van der Waals surface area (Å²) in [6.07, 6.45) is -5.01. The fourth-order valence-electron chi connectivity index (χ4n) is 2.86. The summed E-state index contributed by atoms with van der Waals surface area (Å²) < 4.78 is 47.2. The average Bonchev–Trinajstić information content (AvgIpc) is 2.67. The van der Waals surface area contributed by atoms with Crippen LogP contribution < -0.4 is 10.1 Å². The maximum absolute atomic E-state index is 12.5. The van der Waals surface area contributed by atoms with Gasteiger partial charge in [0.2, 0.25) is 0 Å². The topological polar surface area (TPSA) is 50.8 Å². The number of carbonyl (C=O) groups excluding carboxylic acids is 1. The van der Waals surface area contributed by atoms with Gasteiger partial charge >= 0.3 is 12.4 Å². The molecule has 0 aliphatic carbocycles. The zero-order valence-corrected chi connectivity index (χ0v) is 14.4. The van der Waals surface area contributed by atoms with Gasteiger partial charge in [0, 0.05) is 18.7 Å². The third kappa shape index (κ3) is 5.37. The molecule has 1 atom stereocenters. The maximum Gasteiger partial charge on any atom is 0.573 e. The Balaban J connectivity index is 1.60. The van der Waals surface area contributed by atoms with Gasteiger partial charge in [-0.3, -0.25) is 0 Å². The zero-order chi connectivity index (χ0) is 19.3.